The number of anilines is 1. The molecule has 2 amide bonds. The van der Waals surface area contributed by atoms with Crippen molar-refractivity contribution in [1.82, 2.24) is 10.2 Å². The monoisotopic (exact) mass is 645 g/mol. The van der Waals surface area contributed by atoms with Gasteiger partial charge >= 0.3 is 0 Å². The molecule has 0 saturated carbocycles. The fraction of sp³-hybridized carbons (Fsp3) is 0.278. The van der Waals surface area contributed by atoms with Gasteiger partial charge < -0.3 is 10.2 Å². The lowest BCUT2D eigenvalue weighted by molar-refractivity contribution is -0.140. The highest BCUT2D eigenvalue weighted by Crippen LogP contribution is 2.27. The lowest BCUT2D eigenvalue weighted by atomic mass is 10.0. The SMILES string of the molecule is Cc1ccc(N(CC(=O)N(Cc2cccc(Cl)c2)[C@H](Cc2ccccc2)C(=O)NCC(C)C)S(=O)(=O)c2ccccc2)cc1C. The second-order valence-corrected chi connectivity index (χ2v) is 13.9. The number of sulfonamides is 1. The fourth-order valence-corrected chi connectivity index (χ4v) is 6.58. The van der Waals surface area contributed by atoms with E-state index in [0.29, 0.717) is 22.8 Å². The summed E-state index contributed by atoms with van der Waals surface area (Å²) in [6, 6.07) is 29.0. The molecular weight excluding hydrogens is 606 g/mol. The summed E-state index contributed by atoms with van der Waals surface area (Å²) in [6.07, 6.45) is 0.242. The molecule has 0 saturated heterocycles. The molecule has 0 fully saturated rings. The molecule has 0 aliphatic carbocycles. The van der Waals surface area contributed by atoms with Crippen molar-refractivity contribution in [3.63, 3.8) is 0 Å². The van der Waals surface area contributed by atoms with Crippen molar-refractivity contribution in [2.24, 2.45) is 5.92 Å². The third-order valence-electron chi connectivity index (χ3n) is 7.59. The van der Waals surface area contributed by atoms with E-state index in [1.165, 1.54) is 17.0 Å². The summed E-state index contributed by atoms with van der Waals surface area (Å²) in [7, 11) is -4.15. The first-order valence-corrected chi connectivity index (χ1v) is 16.8. The number of halogens is 1. The van der Waals surface area contributed by atoms with Crippen LogP contribution in [0.1, 0.15) is 36.1 Å². The molecule has 9 heteroatoms. The minimum atomic E-state index is -4.15. The topological polar surface area (TPSA) is 86.8 Å². The normalized spacial score (nSPS) is 12.0. The minimum Gasteiger partial charge on any atom is -0.354 e. The largest absolute Gasteiger partial charge is 0.354 e. The highest BCUT2D eigenvalue weighted by molar-refractivity contribution is 7.92. The second-order valence-electron chi connectivity index (χ2n) is 11.6. The van der Waals surface area contributed by atoms with Crippen LogP contribution in [0, 0.1) is 19.8 Å². The number of hydrogen-bond acceptors (Lipinski definition) is 4. The van der Waals surface area contributed by atoms with Gasteiger partial charge in [-0.3, -0.25) is 13.9 Å². The summed E-state index contributed by atoms with van der Waals surface area (Å²) in [6.45, 7) is 7.81. The first kappa shape index (κ1) is 33.7. The summed E-state index contributed by atoms with van der Waals surface area (Å²) in [5.74, 6) is -0.639. The second kappa shape index (κ2) is 15.2. The third-order valence-corrected chi connectivity index (χ3v) is 9.61. The first-order chi connectivity index (χ1) is 21.5. The van der Waals surface area contributed by atoms with Crippen LogP contribution in [0.15, 0.2) is 108 Å². The maximum atomic E-state index is 14.5. The smallest absolute Gasteiger partial charge is 0.264 e. The number of nitrogens with one attached hydrogen (secondary N) is 1. The number of hydrogen-bond donors (Lipinski definition) is 1. The van der Waals surface area contributed by atoms with E-state index >= 15 is 0 Å². The molecule has 236 valence electrons. The summed E-state index contributed by atoms with van der Waals surface area (Å²) in [5.41, 5.74) is 3.83. The molecule has 4 aromatic rings. The Kier molecular flexibility index (Phi) is 11.4. The first-order valence-electron chi connectivity index (χ1n) is 15.0. The molecule has 4 aromatic carbocycles. The Bertz CT molecular complexity index is 1710. The highest BCUT2D eigenvalue weighted by Gasteiger charge is 2.34. The molecular formula is C36H40ClN3O4S. The van der Waals surface area contributed by atoms with Crippen LogP contribution in [-0.4, -0.2) is 44.3 Å². The fourth-order valence-electron chi connectivity index (χ4n) is 4.94. The van der Waals surface area contributed by atoms with E-state index in [1.54, 1.807) is 48.5 Å². The maximum absolute atomic E-state index is 14.5. The predicted molar refractivity (Wildman–Crippen MR) is 181 cm³/mol. The van der Waals surface area contributed by atoms with Gasteiger partial charge in [0.2, 0.25) is 11.8 Å². The van der Waals surface area contributed by atoms with Gasteiger partial charge in [0.15, 0.2) is 0 Å². The molecule has 0 radical (unpaired) electrons. The number of aryl methyl sites for hydroxylation is 2. The molecule has 0 heterocycles. The van der Waals surface area contributed by atoms with Crippen molar-refractivity contribution in [2.75, 3.05) is 17.4 Å². The van der Waals surface area contributed by atoms with Gasteiger partial charge in [-0.25, -0.2) is 8.42 Å². The summed E-state index contributed by atoms with van der Waals surface area (Å²) >= 11 is 6.31. The van der Waals surface area contributed by atoms with E-state index in [-0.39, 0.29) is 29.7 Å². The van der Waals surface area contributed by atoms with Crippen LogP contribution in [0.2, 0.25) is 5.02 Å². The van der Waals surface area contributed by atoms with E-state index in [2.05, 4.69) is 5.32 Å². The molecule has 45 heavy (non-hydrogen) atoms. The van der Waals surface area contributed by atoms with E-state index in [9.17, 15) is 18.0 Å². The van der Waals surface area contributed by atoms with E-state index in [4.69, 9.17) is 11.6 Å². The highest BCUT2D eigenvalue weighted by atomic mass is 35.5. The number of carbonyl (C=O) groups is 2. The maximum Gasteiger partial charge on any atom is 0.264 e. The third kappa shape index (κ3) is 8.96. The van der Waals surface area contributed by atoms with Crippen molar-refractivity contribution in [3.8, 4) is 0 Å². The number of carbonyl (C=O) groups excluding carboxylic acids is 2. The standard InChI is InChI=1S/C36H40ClN3O4S/c1-26(2)23-38-36(42)34(22-29-12-7-5-8-13-29)39(24-30-14-11-15-31(37)21-30)35(41)25-40(32-19-18-27(3)28(4)20-32)45(43,44)33-16-9-6-10-17-33/h5-21,26,34H,22-25H2,1-4H3,(H,38,42)/t34-/m1/s1. The Morgan fingerprint density at radius 3 is 2.07 bits per heavy atom. The Hall–Kier alpha value is -4.14. The quantitative estimate of drug-likeness (QED) is 0.178. The molecule has 1 N–H and O–H groups in total. The minimum absolute atomic E-state index is 0.0537. The Labute approximate surface area is 271 Å². The molecule has 0 spiro atoms. The van der Waals surface area contributed by atoms with Gasteiger partial charge in [-0.2, -0.15) is 0 Å². The molecule has 7 nitrogen and oxygen atoms in total. The summed E-state index contributed by atoms with van der Waals surface area (Å²) < 4.78 is 29.4. The summed E-state index contributed by atoms with van der Waals surface area (Å²) in [5, 5.41) is 3.49. The zero-order valence-electron chi connectivity index (χ0n) is 26.1. The molecule has 0 aromatic heterocycles. The van der Waals surface area contributed by atoms with Crippen LogP contribution in [0.25, 0.3) is 0 Å². The Morgan fingerprint density at radius 1 is 0.800 bits per heavy atom. The summed E-state index contributed by atoms with van der Waals surface area (Å²) in [4.78, 5) is 29.9. The van der Waals surface area contributed by atoms with Crippen LogP contribution >= 0.6 is 11.6 Å². The number of amides is 2. The molecule has 1 atom stereocenters. The van der Waals surface area contributed by atoms with Gasteiger partial charge in [-0.1, -0.05) is 92.2 Å². The van der Waals surface area contributed by atoms with Crippen LogP contribution in [0.3, 0.4) is 0 Å². The van der Waals surface area contributed by atoms with Crippen molar-refractivity contribution < 1.29 is 18.0 Å². The molecule has 0 unspecified atom stereocenters. The van der Waals surface area contributed by atoms with Gasteiger partial charge in [-0.05, 0) is 78.4 Å². The van der Waals surface area contributed by atoms with Crippen LogP contribution in [0.4, 0.5) is 5.69 Å². The Morgan fingerprint density at radius 2 is 1.44 bits per heavy atom. The number of nitrogens with zero attached hydrogens (tertiary/aromatic N) is 2. The molecule has 0 aliphatic rings. The van der Waals surface area contributed by atoms with Crippen molar-refractivity contribution in [3.05, 3.63) is 130 Å². The van der Waals surface area contributed by atoms with Gasteiger partial charge in [0.25, 0.3) is 10.0 Å². The van der Waals surface area contributed by atoms with Gasteiger partial charge in [0.1, 0.15) is 12.6 Å². The predicted octanol–water partition coefficient (Wildman–Crippen LogP) is 6.56. The van der Waals surface area contributed by atoms with E-state index < -0.39 is 28.5 Å². The van der Waals surface area contributed by atoms with Crippen LogP contribution in [0.5, 0.6) is 0 Å². The molecule has 0 bridgehead atoms. The van der Waals surface area contributed by atoms with E-state index in [0.717, 1.165) is 21.0 Å². The van der Waals surface area contributed by atoms with E-state index in [1.807, 2.05) is 70.2 Å². The van der Waals surface area contributed by atoms with Gasteiger partial charge in [0, 0.05) is 24.5 Å². The van der Waals surface area contributed by atoms with Crippen LogP contribution < -0.4 is 9.62 Å². The van der Waals surface area contributed by atoms with Crippen molar-refractivity contribution >= 4 is 39.1 Å². The Balaban J connectivity index is 1.81. The zero-order chi connectivity index (χ0) is 32.6. The van der Waals surface area contributed by atoms with Gasteiger partial charge in [0.05, 0.1) is 10.6 Å². The van der Waals surface area contributed by atoms with Gasteiger partial charge in [-0.15, -0.1) is 0 Å². The molecule has 4 rings (SSSR count). The average molecular weight is 646 g/mol. The average Bonchev–Trinajstić information content (AvgIpc) is 3.02. The number of benzene rings is 4. The van der Waals surface area contributed by atoms with Crippen LogP contribution in [-0.2, 0) is 32.6 Å². The number of rotatable bonds is 13. The zero-order valence-corrected chi connectivity index (χ0v) is 27.7. The lowest BCUT2D eigenvalue weighted by Crippen LogP contribution is -2.53. The van der Waals surface area contributed by atoms with Crippen molar-refractivity contribution in [1.29, 1.82) is 0 Å². The lowest BCUT2D eigenvalue weighted by Gasteiger charge is -2.34. The molecule has 0 aliphatic heterocycles. The van der Waals surface area contributed by atoms with Crippen molar-refractivity contribution in [2.45, 2.75) is 51.6 Å².